The number of carbonyl (C=O) groups is 1. The molecular formula is C28H38ClNO4. The van der Waals surface area contributed by atoms with Crippen molar-refractivity contribution in [1.29, 1.82) is 0 Å². The molecule has 186 valence electrons. The predicted molar refractivity (Wildman–Crippen MR) is 136 cm³/mol. The molecule has 34 heavy (non-hydrogen) atoms. The molecule has 0 spiro atoms. The minimum Gasteiger partial charge on any atom is -0.489 e. The SMILES string of the molecule is CC(C)Cc1cccc(Cl)c1COc1ccc(C2CN(CCC(=O)OC(C)(C)C)CCO2)cc1. The van der Waals surface area contributed by atoms with Crippen LogP contribution in [0.1, 0.15) is 63.8 Å². The molecule has 0 saturated carbocycles. The quantitative estimate of drug-likeness (QED) is 0.393. The third-order valence-electron chi connectivity index (χ3n) is 5.68. The molecule has 1 atom stereocenters. The van der Waals surface area contributed by atoms with Crippen LogP contribution in [0.4, 0.5) is 0 Å². The summed E-state index contributed by atoms with van der Waals surface area (Å²) in [6.07, 6.45) is 1.34. The second-order valence-corrected chi connectivity index (χ2v) is 10.7. The van der Waals surface area contributed by atoms with Crippen molar-refractivity contribution in [2.45, 2.75) is 65.8 Å². The van der Waals surface area contributed by atoms with Crippen LogP contribution >= 0.6 is 11.6 Å². The van der Waals surface area contributed by atoms with E-state index in [4.69, 9.17) is 25.8 Å². The Labute approximate surface area is 209 Å². The van der Waals surface area contributed by atoms with Crippen molar-refractivity contribution < 1.29 is 19.0 Å². The minimum absolute atomic E-state index is 0.0253. The molecule has 6 heteroatoms. The van der Waals surface area contributed by atoms with Crippen LogP contribution in [0.15, 0.2) is 42.5 Å². The molecule has 1 aliphatic heterocycles. The zero-order valence-corrected chi connectivity index (χ0v) is 21.9. The number of morpholine rings is 1. The first-order valence-corrected chi connectivity index (χ1v) is 12.5. The third kappa shape index (κ3) is 8.30. The minimum atomic E-state index is -0.448. The molecule has 0 bridgehead atoms. The fourth-order valence-electron chi connectivity index (χ4n) is 4.08. The predicted octanol–water partition coefficient (Wildman–Crippen LogP) is 6.22. The Hall–Kier alpha value is -2.08. The summed E-state index contributed by atoms with van der Waals surface area (Å²) < 4.78 is 17.5. The van der Waals surface area contributed by atoms with E-state index in [0.29, 0.717) is 32.1 Å². The lowest BCUT2D eigenvalue weighted by molar-refractivity contribution is -0.155. The van der Waals surface area contributed by atoms with Gasteiger partial charge in [0.2, 0.25) is 0 Å². The monoisotopic (exact) mass is 487 g/mol. The van der Waals surface area contributed by atoms with E-state index in [-0.39, 0.29) is 12.1 Å². The number of rotatable bonds is 9. The molecule has 2 aromatic rings. The number of hydrogen-bond donors (Lipinski definition) is 0. The highest BCUT2D eigenvalue weighted by Crippen LogP contribution is 2.27. The molecular weight excluding hydrogens is 450 g/mol. The highest BCUT2D eigenvalue weighted by molar-refractivity contribution is 6.31. The van der Waals surface area contributed by atoms with Gasteiger partial charge in [0.1, 0.15) is 18.0 Å². The van der Waals surface area contributed by atoms with Crippen molar-refractivity contribution in [1.82, 2.24) is 4.90 Å². The number of halogens is 1. The molecule has 0 aliphatic carbocycles. The average Bonchev–Trinajstić information content (AvgIpc) is 2.76. The molecule has 2 aromatic carbocycles. The molecule has 0 aromatic heterocycles. The number of nitrogens with zero attached hydrogens (tertiary/aromatic N) is 1. The molecule has 5 nitrogen and oxygen atoms in total. The van der Waals surface area contributed by atoms with Gasteiger partial charge in [0.15, 0.2) is 0 Å². The maximum absolute atomic E-state index is 12.0. The molecule has 1 aliphatic rings. The zero-order valence-electron chi connectivity index (χ0n) is 21.1. The van der Waals surface area contributed by atoms with Crippen molar-refractivity contribution in [2.24, 2.45) is 5.92 Å². The summed E-state index contributed by atoms with van der Waals surface area (Å²) in [4.78, 5) is 14.3. The largest absolute Gasteiger partial charge is 0.489 e. The summed E-state index contributed by atoms with van der Waals surface area (Å²) in [6, 6.07) is 14.1. The zero-order chi connectivity index (χ0) is 24.7. The first-order valence-electron chi connectivity index (χ1n) is 12.2. The second kappa shape index (κ2) is 12.1. The van der Waals surface area contributed by atoms with Crippen molar-refractivity contribution in [3.63, 3.8) is 0 Å². The lowest BCUT2D eigenvalue weighted by Crippen LogP contribution is -2.39. The second-order valence-electron chi connectivity index (χ2n) is 10.3. The van der Waals surface area contributed by atoms with E-state index in [0.717, 1.165) is 41.4 Å². The lowest BCUT2D eigenvalue weighted by Gasteiger charge is -2.33. The highest BCUT2D eigenvalue weighted by Gasteiger charge is 2.23. The van der Waals surface area contributed by atoms with E-state index in [1.165, 1.54) is 5.56 Å². The van der Waals surface area contributed by atoms with E-state index in [2.05, 4.69) is 36.9 Å². The van der Waals surface area contributed by atoms with Gasteiger partial charge in [-0.1, -0.05) is 49.7 Å². The summed E-state index contributed by atoms with van der Waals surface area (Å²) in [6.45, 7) is 13.4. The van der Waals surface area contributed by atoms with Crippen LogP contribution in [0.2, 0.25) is 5.02 Å². The van der Waals surface area contributed by atoms with Gasteiger partial charge in [-0.3, -0.25) is 9.69 Å². The van der Waals surface area contributed by atoms with Gasteiger partial charge in [-0.15, -0.1) is 0 Å². The van der Waals surface area contributed by atoms with Crippen molar-refractivity contribution in [3.05, 3.63) is 64.2 Å². The van der Waals surface area contributed by atoms with Gasteiger partial charge in [0.05, 0.1) is 19.1 Å². The van der Waals surface area contributed by atoms with Gasteiger partial charge in [0, 0.05) is 30.2 Å². The Bertz CT molecular complexity index is 936. The van der Waals surface area contributed by atoms with Crippen molar-refractivity contribution in [2.75, 3.05) is 26.2 Å². The van der Waals surface area contributed by atoms with Crippen LogP contribution in [0.25, 0.3) is 0 Å². The maximum atomic E-state index is 12.0. The Morgan fingerprint density at radius 3 is 2.59 bits per heavy atom. The lowest BCUT2D eigenvalue weighted by atomic mass is 9.98. The maximum Gasteiger partial charge on any atom is 0.307 e. The topological polar surface area (TPSA) is 48.0 Å². The van der Waals surface area contributed by atoms with Crippen molar-refractivity contribution in [3.8, 4) is 5.75 Å². The molecule has 0 amide bonds. The van der Waals surface area contributed by atoms with E-state index in [9.17, 15) is 4.79 Å². The smallest absolute Gasteiger partial charge is 0.307 e. The number of hydrogen-bond acceptors (Lipinski definition) is 5. The Balaban J connectivity index is 1.54. The highest BCUT2D eigenvalue weighted by atomic mass is 35.5. The van der Waals surface area contributed by atoms with Crippen LogP contribution in [0.5, 0.6) is 5.75 Å². The van der Waals surface area contributed by atoms with Crippen LogP contribution in [-0.2, 0) is 27.3 Å². The normalized spacial score (nSPS) is 17.1. The standard InChI is InChI=1S/C28H38ClNO4/c1-20(2)17-22-7-6-8-25(29)24(22)19-33-23-11-9-21(10-12-23)26-18-30(15-16-32-26)14-13-27(31)34-28(3,4)5/h6-12,20,26H,13-19H2,1-5H3. The van der Waals surface area contributed by atoms with E-state index in [1.54, 1.807) is 0 Å². The van der Waals surface area contributed by atoms with Gasteiger partial charge >= 0.3 is 5.97 Å². The van der Waals surface area contributed by atoms with Gasteiger partial charge in [-0.25, -0.2) is 0 Å². The Morgan fingerprint density at radius 1 is 1.18 bits per heavy atom. The molecule has 1 unspecified atom stereocenters. The van der Waals surface area contributed by atoms with Crippen LogP contribution in [-0.4, -0.2) is 42.7 Å². The number of ether oxygens (including phenoxy) is 3. The summed E-state index contributed by atoms with van der Waals surface area (Å²) in [5.41, 5.74) is 2.95. The third-order valence-corrected chi connectivity index (χ3v) is 6.04. The van der Waals surface area contributed by atoms with Crippen LogP contribution in [0.3, 0.4) is 0 Å². The van der Waals surface area contributed by atoms with Gasteiger partial charge < -0.3 is 14.2 Å². The Morgan fingerprint density at radius 2 is 1.91 bits per heavy atom. The van der Waals surface area contributed by atoms with E-state index >= 15 is 0 Å². The van der Waals surface area contributed by atoms with Gasteiger partial charge in [-0.2, -0.15) is 0 Å². The van der Waals surface area contributed by atoms with Gasteiger partial charge in [-0.05, 0) is 62.4 Å². The van der Waals surface area contributed by atoms with E-state index in [1.807, 2.05) is 45.0 Å². The summed E-state index contributed by atoms with van der Waals surface area (Å²) in [5, 5.41) is 0.747. The van der Waals surface area contributed by atoms with Crippen LogP contribution in [0, 0.1) is 5.92 Å². The van der Waals surface area contributed by atoms with Crippen molar-refractivity contribution >= 4 is 17.6 Å². The van der Waals surface area contributed by atoms with E-state index < -0.39 is 5.60 Å². The first kappa shape index (κ1) is 26.5. The fourth-order valence-corrected chi connectivity index (χ4v) is 4.33. The number of esters is 1. The number of benzene rings is 2. The molecule has 0 radical (unpaired) electrons. The molecule has 0 N–H and O–H groups in total. The summed E-state index contributed by atoms with van der Waals surface area (Å²) in [7, 11) is 0. The molecule has 1 saturated heterocycles. The fraction of sp³-hybridized carbons (Fsp3) is 0.536. The first-order chi connectivity index (χ1) is 16.1. The number of carbonyl (C=O) groups excluding carboxylic acids is 1. The molecule has 1 fully saturated rings. The summed E-state index contributed by atoms with van der Waals surface area (Å²) in [5.74, 6) is 1.19. The Kier molecular flexibility index (Phi) is 9.40. The van der Waals surface area contributed by atoms with Gasteiger partial charge in [0.25, 0.3) is 0 Å². The average molecular weight is 488 g/mol. The molecule has 1 heterocycles. The summed E-state index contributed by atoms with van der Waals surface area (Å²) >= 11 is 6.47. The van der Waals surface area contributed by atoms with Crippen LogP contribution < -0.4 is 4.74 Å². The molecule has 3 rings (SSSR count).